The molecule has 28 heavy (non-hydrogen) atoms. The number of carbonyl (C=O) groups excluding carboxylic acids is 1. The number of methoxy groups -OCH3 is 2. The lowest BCUT2D eigenvalue weighted by atomic mass is 10.1. The van der Waals surface area contributed by atoms with E-state index in [9.17, 15) is 4.79 Å². The third kappa shape index (κ3) is 4.62. The maximum atomic E-state index is 12.5. The summed E-state index contributed by atoms with van der Waals surface area (Å²) in [6.07, 6.45) is 3.68. The summed E-state index contributed by atoms with van der Waals surface area (Å²) in [5, 5.41) is 14.6. The molecule has 1 aromatic carbocycles. The molecule has 152 valence electrons. The van der Waals surface area contributed by atoms with Crippen LogP contribution in [0.3, 0.4) is 0 Å². The summed E-state index contributed by atoms with van der Waals surface area (Å²) in [4.78, 5) is 12.5. The highest BCUT2D eigenvalue weighted by atomic mass is 16.5. The Morgan fingerprint density at radius 2 is 2.00 bits per heavy atom. The van der Waals surface area contributed by atoms with E-state index in [0.29, 0.717) is 29.8 Å². The Morgan fingerprint density at radius 1 is 1.25 bits per heavy atom. The Bertz CT molecular complexity index is 799. The van der Waals surface area contributed by atoms with Crippen molar-refractivity contribution in [3.63, 3.8) is 0 Å². The molecule has 1 aromatic heterocycles. The van der Waals surface area contributed by atoms with Gasteiger partial charge in [0.2, 0.25) is 0 Å². The first-order chi connectivity index (χ1) is 13.6. The van der Waals surface area contributed by atoms with Crippen LogP contribution in [-0.4, -0.2) is 54.8 Å². The summed E-state index contributed by atoms with van der Waals surface area (Å²) < 4.78 is 12.5. The minimum atomic E-state index is -0.162. The van der Waals surface area contributed by atoms with Crippen LogP contribution in [0, 0.1) is 6.92 Å². The molecule has 1 aliphatic heterocycles. The quantitative estimate of drug-likeness (QED) is 0.673. The number of rotatable bonds is 8. The Balaban J connectivity index is 1.50. The van der Waals surface area contributed by atoms with E-state index in [1.165, 1.54) is 0 Å². The van der Waals surface area contributed by atoms with Crippen LogP contribution in [0.25, 0.3) is 0 Å². The van der Waals surface area contributed by atoms with E-state index < -0.39 is 0 Å². The van der Waals surface area contributed by atoms with Crippen LogP contribution >= 0.6 is 0 Å². The minimum Gasteiger partial charge on any atom is -0.493 e. The molecular formula is C20H29N5O3. The van der Waals surface area contributed by atoms with Gasteiger partial charge < -0.3 is 20.1 Å². The first-order valence-corrected chi connectivity index (χ1v) is 9.75. The van der Waals surface area contributed by atoms with Gasteiger partial charge in [0.1, 0.15) is 0 Å². The number of hydrogen-bond acceptors (Lipinski definition) is 6. The summed E-state index contributed by atoms with van der Waals surface area (Å²) in [7, 11) is 3.25. The van der Waals surface area contributed by atoms with Crippen molar-refractivity contribution in [2.45, 2.75) is 38.6 Å². The average molecular weight is 387 g/mol. The molecule has 2 N–H and O–H groups in total. The van der Waals surface area contributed by atoms with Crippen LogP contribution in [0.15, 0.2) is 18.2 Å². The molecule has 2 aromatic rings. The van der Waals surface area contributed by atoms with Crippen LogP contribution in [0.1, 0.15) is 47.1 Å². The van der Waals surface area contributed by atoms with E-state index in [2.05, 4.69) is 20.9 Å². The molecule has 1 amide bonds. The lowest BCUT2D eigenvalue weighted by molar-refractivity contribution is 0.0947. The molecule has 8 nitrogen and oxygen atoms in total. The van der Waals surface area contributed by atoms with Gasteiger partial charge in [0.05, 0.1) is 26.0 Å². The Kier molecular flexibility index (Phi) is 6.86. The van der Waals surface area contributed by atoms with Crippen molar-refractivity contribution < 1.29 is 14.3 Å². The number of aryl methyl sites for hydroxylation is 1. The monoisotopic (exact) mass is 387 g/mol. The molecule has 1 aliphatic rings. The van der Waals surface area contributed by atoms with Crippen molar-refractivity contribution in [1.29, 1.82) is 0 Å². The second kappa shape index (κ2) is 9.54. The van der Waals surface area contributed by atoms with Crippen molar-refractivity contribution >= 4 is 5.91 Å². The second-order valence-electron chi connectivity index (χ2n) is 7.00. The van der Waals surface area contributed by atoms with Gasteiger partial charge in [0.15, 0.2) is 17.2 Å². The Labute approximate surface area is 165 Å². The third-order valence-electron chi connectivity index (χ3n) is 5.17. The van der Waals surface area contributed by atoms with E-state index in [1.54, 1.807) is 14.2 Å². The molecule has 0 bridgehead atoms. The Morgan fingerprint density at radius 3 is 2.71 bits per heavy atom. The van der Waals surface area contributed by atoms with Gasteiger partial charge in [0.25, 0.3) is 5.91 Å². The molecule has 8 heteroatoms. The van der Waals surface area contributed by atoms with Gasteiger partial charge in [-0.2, -0.15) is 0 Å². The highest BCUT2D eigenvalue weighted by Gasteiger charge is 2.22. The minimum absolute atomic E-state index is 0.162. The lowest BCUT2D eigenvalue weighted by Crippen LogP contribution is -2.30. The van der Waals surface area contributed by atoms with Crippen LogP contribution in [0.4, 0.5) is 0 Å². The summed E-state index contributed by atoms with van der Waals surface area (Å²) in [5.41, 5.74) is 2.40. The topological polar surface area (TPSA) is 90.3 Å². The maximum absolute atomic E-state index is 12.5. The second-order valence-corrected chi connectivity index (χ2v) is 7.00. The first-order valence-electron chi connectivity index (χ1n) is 9.75. The smallest absolute Gasteiger partial charge is 0.273 e. The lowest BCUT2D eigenvalue weighted by Gasteiger charge is -2.23. The molecular weight excluding hydrogens is 358 g/mol. The molecule has 0 radical (unpaired) electrons. The number of ether oxygens (including phenoxy) is 2. The predicted octanol–water partition coefficient (Wildman–Crippen LogP) is 1.89. The third-order valence-corrected chi connectivity index (χ3v) is 5.17. The molecule has 0 atom stereocenters. The van der Waals surface area contributed by atoms with Crippen molar-refractivity contribution in [2.24, 2.45) is 0 Å². The molecule has 0 saturated carbocycles. The highest BCUT2D eigenvalue weighted by Crippen LogP contribution is 2.28. The van der Waals surface area contributed by atoms with Gasteiger partial charge in [-0.15, -0.1) is 5.10 Å². The van der Waals surface area contributed by atoms with Crippen molar-refractivity contribution in [1.82, 2.24) is 25.6 Å². The number of aromatic nitrogens is 3. The van der Waals surface area contributed by atoms with Crippen LogP contribution in [0.2, 0.25) is 0 Å². The highest BCUT2D eigenvalue weighted by molar-refractivity contribution is 5.93. The number of piperidine rings is 1. The molecule has 0 aliphatic carbocycles. The van der Waals surface area contributed by atoms with E-state index >= 15 is 0 Å². The zero-order chi connectivity index (χ0) is 19.9. The average Bonchev–Trinajstić information content (AvgIpc) is 3.12. The molecule has 1 fully saturated rings. The SMILES string of the molecule is COc1ccc(CCCNC(=O)c2nnn(C3CCNCC3)c2C)cc1OC. The summed E-state index contributed by atoms with van der Waals surface area (Å²) in [6, 6.07) is 6.20. The van der Waals surface area contributed by atoms with Gasteiger partial charge in [-0.3, -0.25) is 4.79 Å². The van der Waals surface area contributed by atoms with E-state index in [1.807, 2.05) is 29.8 Å². The molecule has 1 saturated heterocycles. The summed E-state index contributed by atoms with van der Waals surface area (Å²) >= 11 is 0. The fourth-order valence-electron chi connectivity index (χ4n) is 3.56. The Hall–Kier alpha value is -2.61. The van der Waals surface area contributed by atoms with Crippen LogP contribution < -0.4 is 20.1 Å². The summed E-state index contributed by atoms with van der Waals surface area (Å²) in [5.74, 6) is 1.27. The summed E-state index contributed by atoms with van der Waals surface area (Å²) in [6.45, 7) is 4.44. The van der Waals surface area contributed by atoms with Crippen LogP contribution in [-0.2, 0) is 6.42 Å². The fraction of sp³-hybridized carbons (Fsp3) is 0.550. The number of hydrogen-bond donors (Lipinski definition) is 2. The largest absolute Gasteiger partial charge is 0.493 e. The zero-order valence-electron chi connectivity index (χ0n) is 16.8. The van der Waals surface area contributed by atoms with E-state index in [-0.39, 0.29) is 5.91 Å². The first kappa shape index (κ1) is 20.1. The fourth-order valence-corrected chi connectivity index (χ4v) is 3.56. The molecule has 0 unspecified atom stereocenters. The van der Waals surface area contributed by atoms with E-state index in [4.69, 9.17) is 9.47 Å². The van der Waals surface area contributed by atoms with Crippen molar-refractivity contribution in [3.05, 3.63) is 35.2 Å². The molecule has 2 heterocycles. The number of nitrogens with zero attached hydrogens (tertiary/aromatic N) is 3. The van der Waals surface area contributed by atoms with Gasteiger partial charge in [0, 0.05) is 6.54 Å². The van der Waals surface area contributed by atoms with Gasteiger partial charge >= 0.3 is 0 Å². The van der Waals surface area contributed by atoms with Gasteiger partial charge in [-0.25, -0.2) is 4.68 Å². The normalized spacial score (nSPS) is 14.7. The van der Waals surface area contributed by atoms with Crippen molar-refractivity contribution in [3.8, 4) is 11.5 Å². The van der Waals surface area contributed by atoms with Gasteiger partial charge in [-0.05, 0) is 63.4 Å². The van der Waals surface area contributed by atoms with Crippen LogP contribution in [0.5, 0.6) is 11.5 Å². The number of amides is 1. The number of nitrogens with one attached hydrogen (secondary N) is 2. The predicted molar refractivity (Wildman–Crippen MR) is 106 cm³/mol. The van der Waals surface area contributed by atoms with Gasteiger partial charge in [-0.1, -0.05) is 11.3 Å². The standard InChI is InChI=1S/C20H29N5O3/c1-14-19(23-24-25(14)16-8-11-21-12-9-16)20(26)22-10-4-5-15-6-7-17(27-2)18(13-15)28-3/h6-7,13,16,21H,4-5,8-12H2,1-3H3,(H,22,26). The molecule has 0 spiro atoms. The maximum Gasteiger partial charge on any atom is 0.273 e. The zero-order valence-corrected chi connectivity index (χ0v) is 16.8. The molecule has 3 rings (SSSR count). The number of carbonyl (C=O) groups is 1. The van der Waals surface area contributed by atoms with Crippen molar-refractivity contribution in [2.75, 3.05) is 33.9 Å². The van der Waals surface area contributed by atoms with E-state index in [0.717, 1.165) is 50.0 Å². The number of benzene rings is 1.